The third-order valence-corrected chi connectivity index (χ3v) is 4.45. The Morgan fingerprint density at radius 2 is 1.90 bits per heavy atom. The zero-order chi connectivity index (χ0) is 15.4. The number of phenolic OH excluding ortho intramolecular Hbond substituents is 1. The van der Waals surface area contributed by atoms with E-state index in [4.69, 9.17) is 4.74 Å². The molecule has 1 heterocycles. The zero-order valence-corrected chi connectivity index (χ0v) is 13.6. The van der Waals surface area contributed by atoms with Crippen LogP contribution in [0, 0.1) is 0 Å². The van der Waals surface area contributed by atoms with E-state index in [0.717, 1.165) is 5.56 Å². The van der Waals surface area contributed by atoms with E-state index < -0.39 is 0 Å². The number of likely N-dealkylation sites (tertiary alicyclic amines) is 1. The Balaban J connectivity index is 1.91. The maximum absolute atomic E-state index is 9.67. The third kappa shape index (κ3) is 4.11. The molecule has 0 aromatic heterocycles. The van der Waals surface area contributed by atoms with Crippen LogP contribution in [0.15, 0.2) is 18.2 Å². The average molecular weight is 292 g/mol. The molecule has 2 N–H and O–H groups in total. The summed E-state index contributed by atoms with van der Waals surface area (Å²) in [5.74, 6) is 0.731. The Morgan fingerprint density at radius 3 is 2.48 bits per heavy atom. The fourth-order valence-corrected chi connectivity index (χ4v) is 3.00. The minimum absolute atomic E-state index is 0.193. The van der Waals surface area contributed by atoms with Crippen molar-refractivity contribution in [1.29, 1.82) is 0 Å². The van der Waals surface area contributed by atoms with Gasteiger partial charge in [-0.3, -0.25) is 0 Å². The first-order valence-corrected chi connectivity index (χ1v) is 7.88. The molecule has 4 heteroatoms. The molecule has 1 atom stereocenters. The normalized spacial score (nSPS) is 18.9. The number of hydrogen-bond donors (Lipinski definition) is 2. The second-order valence-corrected chi connectivity index (χ2v) is 6.22. The van der Waals surface area contributed by atoms with Gasteiger partial charge >= 0.3 is 0 Å². The summed E-state index contributed by atoms with van der Waals surface area (Å²) in [4.78, 5) is 2.53. The first-order valence-electron chi connectivity index (χ1n) is 7.88. The van der Waals surface area contributed by atoms with E-state index in [1.54, 1.807) is 13.2 Å². The van der Waals surface area contributed by atoms with Gasteiger partial charge in [-0.2, -0.15) is 0 Å². The number of methoxy groups -OCH3 is 1. The van der Waals surface area contributed by atoms with Crippen molar-refractivity contribution in [3.63, 3.8) is 0 Å². The summed E-state index contributed by atoms with van der Waals surface area (Å²) in [5, 5.41) is 13.4. The van der Waals surface area contributed by atoms with E-state index in [1.807, 2.05) is 12.1 Å². The van der Waals surface area contributed by atoms with Crippen LogP contribution in [0.2, 0.25) is 0 Å². The highest BCUT2D eigenvalue weighted by molar-refractivity contribution is 5.42. The molecule has 4 nitrogen and oxygen atoms in total. The molecule has 1 unspecified atom stereocenters. The Kier molecular flexibility index (Phi) is 5.48. The van der Waals surface area contributed by atoms with Crippen LogP contribution in [0.1, 0.15) is 45.2 Å². The predicted molar refractivity (Wildman–Crippen MR) is 85.9 cm³/mol. The van der Waals surface area contributed by atoms with Crippen LogP contribution < -0.4 is 10.1 Å². The molecular weight excluding hydrogens is 264 g/mol. The van der Waals surface area contributed by atoms with E-state index in [1.165, 1.54) is 25.9 Å². The minimum Gasteiger partial charge on any atom is -0.504 e. The number of nitrogens with zero attached hydrogens (tertiary/aromatic N) is 1. The fourth-order valence-electron chi connectivity index (χ4n) is 3.00. The number of hydrogen-bond acceptors (Lipinski definition) is 4. The van der Waals surface area contributed by atoms with Gasteiger partial charge in [-0.25, -0.2) is 0 Å². The van der Waals surface area contributed by atoms with Gasteiger partial charge in [0.15, 0.2) is 11.5 Å². The summed E-state index contributed by atoms with van der Waals surface area (Å²) >= 11 is 0. The van der Waals surface area contributed by atoms with Crippen LogP contribution in [-0.2, 0) is 0 Å². The SMILES string of the molecule is COc1cc(C(C)NC2CCN(C(C)C)CC2)ccc1O. The molecule has 0 amide bonds. The molecule has 1 aliphatic heterocycles. The molecule has 0 saturated carbocycles. The van der Waals surface area contributed by atoms with Gasteiger partial charge in [0.2, 0.25) is 0 Å². The molecular formula is C17H28N2O2. The number of ether oxygens (including phenoxy) is 1. The molecule has 0 radical (unpaired) electrons. The Morgan fingerprint density at radius 1 is 1.24 bits per heavy atom. The molecule has 21 heavy (non-hydrogen) atoms. The zero-order valence-electron chi connectivity index (χ0n) is 13.6. The summed E-state index contributed by atoms with van der Waals surface area (Å²) < 4.78 is 5.18. The lowest BCUT2D eigenvalue weighted by molar-refractivity contribution is 0.157. The van der Waals surface area contributed by atoms with Crippen molar-refractivity contribution in [3.05, 3.63) is 23.8 Å². The van der Waals surface area contributed by atoms with E-state index in [-0.39, 0.29) is 11.8 Å². The average Bonchev–Trinajstić information content (AvgIpc) is 2.48. The molecule has 1 fully saturated rings. The lowest BCUT2D eigenvalue weighted by Crippen LogP contribution is -2.45. The highest BCUT2D eigenvalue weighted by atomic mass is 16.5. The number of aromatic hydroxyl groups is 1. The molecule has 1 aliphatic rings. The van der Waals surface area contributed by atoms with Crippen LogP contribution in [-0.4, -0.2) is 42.3 Å². The summed E-state index contributed by atoms with van der Waals surface area (Å²) in [6, 6.07) is 7.04. The van der Waals surface area contributed by atoms with Gasteiger partial charge in [-0.05, 0) is 64.4 Å². The smallest absolute Gasteiger partial charge is 0.160 e. The van der Waals surface area contributed by atoms with E-state index in [2.05, 4.69) is 31.0 Å². The van der Waals surface area contributed by atoms with Crippen LogP contribution in [0.4, 0.5) is 0 Å². The van der Waals surface area contributed by atoms with Gasteiger partial charge in [0.25, 0.3) is 0 Å². The van der Waals surface area contributed by atoms with Gasteiger partial charge in [0, 0.05) is 18.1 Å². The van der Waals surface area contributed by atoms with Crippen molar-refractivity contribution in [2.45, 2.75) is 51.7 Å². The maximum Gasteiger partial charge on any atom is 0.160 e. The summed E-state index contributed by atoms with van der Waals surface area (Å²) in [6.07, 6.45) is 2.38. The van der Waals surface area contributed by atoms with Crippen molar-refractivity contribution in [2.75, 3.05) is 20.2 Å². The fraction of sp³-hybridized carbons (Fsp3) is 0.647. The van der Waals surface area contributed by atoms with Crippen LogP contribution in [0.3, 0.4) is 0 Å². The second-order valence-electron chi connectivity index (χ2n) is 6.22. The first-order chi connectivity index (χ1) is 10.0. The number of phenols is 1. The quantitative estimate of drug-likeness (QED) is 0.876. The maximum atomic E-state index is 9.67. The molecule has 1 aromatic rings. The number of rotatable bonds is 5. The summed E-state index contributed by atoms with van der Waals surface area (Å²) in [7, 11) is 1.58. The summed E-state index contributed by atoms with van der Waals surface area (Å²) in [5.41, 5.74) is 1.15. The number of benzene rings is 1. The van der Waals surface area contributed by atoms with Crippen molar-refractivity contribution in [2.24, 2.45) is 0 Å². The van der Waals surface area contributed by atoms with Gasteiger partial charge in [0.05, 0.1) is 7.11 Å². The molecule has 0 aliphatic carbocycles. The van der Waals surface area contributed by atoms with Crippen molar-refractivity contribution in [1.82, 2.24) is 10.2 Å². The third-order valence-electron chi connectivity index (χ3n) is 4.45. The molecule has 1 aromatic carbocycles. The molecule has 118 valence electrons. The topological polar surface area (TPSA) is 44.7 Å². The Labute approximate surface area is 128 Å². The van der Waals surface area contributed by atoms with E-state index >= 15 is 0 Å². The second kappa shape index (κ2) is 7.14. The van der Waals surface area contributed by atoms with E-state index in [9.17, 15) is 5.11 Å². The molecule has 0 spiro atoms. The Hall–Kier alpha value is -1.26. The van der Waals surface area contributed by atoms with Crippen LogP contribution >= 0.6 is 0 Å². The van der Waals surface area contributed by atoms with Gasteiger partial charge in [-0.1, -0.05) is 6.07 Å². The molecule has 1 saturated heterocycles. The number of piperidine rings is 1. The highest BCUT2D eigenvalue weighted by Crippen LogP contribution is 2.29. The summed E-state index contributed by atoms with van der Waals surface area (Å²) in [6.45, 7) is 9.03. The highest BCUT2D eigenvalue weighted by Gasteiger charge is 2.22. The monoisotopic (exact) mass is 292 g/mol. The van der Waals surface area contributed by atoms with Crippen molar-refractivity contribution < 1.29 is 9.84 Å². The molecule has 2 rings (SSSR count). The van der Waals surface area contributed by atoms with Gasteiger partial charge < -0.3 is 20.1 Å². The standard InChI is InChI=1S/C17H28N2O2/c1-12(2)19-9-7-15(8-10-19)18-13(3)14-5-6-16(20)17(11-14)21-4/h5-6,11-13,15,18,20H,7-10H2,1-4H3. The van der Waals surface area contributed by atoms with Crippen LogP contribution in [0.5, 0.6) is 11.5 Å². The van der Waals surface area contributed by atoms with Crippen LogP contribution in [0.25, 0.3) is 0 Å². The van der Waals surface area contributed by atoms with Crippen molar-refractivity contribution in [3.8, 4) is 11.5 Å². The van der Waals surface area contributed by atoms with Gasteiger partial charge in [-0.15, -0.1) is 0 Å². The predicted octanol–water partition coefficient (Wildman–Crippen LogP) is 2.92. The lowest BCUT2D eigenvalue weighted by atomic mass is 10.0. The van der Waals surface area contributed by atoms with E-state index in [0.29, 0.717) is 17.8 Å². The minimum atomic E-state index is 0.193. The first kappa shape index (κ1) is 16.1. The van der Waals surface area contributed by atoms with Gasteiger partial charge in [0.1, 0.15) is 0 Å². The number of nitrogens with one attached hydrogen (secondary N) is 1. The van der Waals surface area contributed by atoms with Crippen molar-refractivity contribution >= 4 is 0 Å². The lowest BCUT2D eigenvalue weighted by Gasteiger charge is -2.36. The largest absolute Gasteiger partial charge is 0.504 e. The Bertz CT molecular complexity index is 454. The molecule has 0 bridgehead atoms.